The van der Waals surface area contributed by atoms with Crippen LogP contribution in [0.15, 0.2) is 29.4 Å². The lowest BCUT2D eigenvalue weighted by Gasteiger charge is -2.09. The van der Waals surface area contributed by atoms with Gasteiger partial charge in [0.15, 0.2) is 0 Å². The average molecular weight is 318 g/mol. The Kier molecular flexibility index (Phi) is 5.67. The lowest BCUT2D eigenvalue weighted by atomic mass is 10.1. The highest BCUT2D eigenvalue weighted by molar-refractivity contribution is 5.97. The fraction of sp³-hybridized carbons (Fsp3) is 0.333. The van der Waals surface area contributed by atoms with E-state index in [1.165, 1.54) is 7.11 Å². The second-order valence-corrected chi connectivity index (χ2v) is 4.95. The number of hydrogen-bond donors (Lipinski definition) is 3. The van der Waals surface area contributed by atoms with Crippen molar-refractivity contribution in [3.63, 3.8) is 0 Å². The summed E-state index contributed by atoms with van der Waals surface area (Å²) >= 11 is 0. The number of hydrogen-bond acceptors (Lipinski definition) is 5. The topological polar surface area (TPSA) is 109 Å². The maximum atomic E-state index is 11.7. The molecule has 122 valence electrons. The fourth-order valence-electron chi connectivity index (χ4n) is 2.05. The third-order valence-electron chi connectivity index (χ3n) is 3.31. The Bertz CT molecular complexity index is 612. The Morgan fingerprint density at radius 1 is 1.30 bits per heavy atom. The maximum absolute atomic E-state index is 11.7. The molecule has 0 spiro atoms. The van der Waals surface area contributed by atoms with Gasteiger partial charge in [0.05, 0.1) is 18.6 Å². The van der Waals surface area contributed by atoms with E-state index >= 15 is 0 Å². The Labute approximate surface area is 133 Å². The summed E-state index contributed by atoms with van der Waals surface area (Å²) in [5, 5.41) is 9.04. The van der Waals surface area contributed by atoms with E-state index in [2.05, 4.69) is 25.9 Å². The number of rotatable bonds is 6. The van der Waals surface area contributed by atoms with Gasteiger partial charge in [-0.3, -0.25) is 4.79 Å². The minimum atomic E-state index is -0.430. The zero-order chi connectivity index (χ0) is 16.7. The molecule has 1 atom stereocenters. The zero-order valence-electron chi connectivity index (χ0n) is 12.7. The summed E-state index contributed by atoms with van der Waals surface area (Å²) in [6.45, 7) is 0.448. The van der Waals surface area contributed by atoms with E-state index < -0.39 is 5.97 Å². The quantitative estimate of drug-likeness (QED) is 0.539. The van der Waals surface area contributed by atoms with Crippen molar-refractivity contribution in [2.45, 2.75) is 12.8 Å². The molecular weight excluding hydrogens is 300 g/mol. The Morgan fingerprint density at radius 2 is 2.04 bits per heavy atom. The Morgan fingerprint density at radius 3 is 2.65 bits per heavy atom. The van der Waals surface area contributed by atoms with Crippen LogP contribution >= 0.6 is 0 Å². The molecule has 0 bridgehead atoms. The van der Waals surface area contributed by atoms with Gasteiger partial charge in [-0.25, -0.2) is 15.0 Å². The number of nitrogens with zero attached hydrogens (tertiary/aromatic N) is 1. The molecular formula is C15H18N4O4. The normalized spacial score (nSPS) is 15.9. The summed E-state index contributed by atoms with van der Waals surface area (Å²) in [6, 6.07) is 6.02. The summed E-state index contributed by atoms with van der Waals surface area (Å²) in [5.41, 5.74) is 3.35. The van der Waals surface area contributed by atoms with Crippen molar-refractivity contribution < 1.29 is 19.1 Å². The Hall–Kier alpha value is -2.90. The van der Waals surface area contributed by atoms with Crippen LogP contribution in [0.5, 0.6) is 0 Å². The van der Waals surface area contributed by atoms with Crippen molar-refractivity contribution in [2.24, 2.45) is 11.0 Å². The van der Waals surface area contributed by atoms with E-state index in [4.69, 9.17) is 0 Å². The molecule has 1 unspecified atom stereocenters. The van der Waals surface area contributed by atoms with Gasteiger partial charge in [-0.2, -0.15) is 5.10 Å². The second-order valence-electron chi connectivity index (χ2n) is 4.95. The van der Waals surface area contributed by atoms with Gasteiger partial charge in [0.1, 0.15) is 0 Å². The van der Waals surface area contributed by atoms with Crippen molar-refractivity contribution in [3.05, 3.63) is 29.8 Å². The number of methoxy groups -OCH3 is 1. The number of anilines is 1. The van der Waals surface area contributed by atoms with Crippen molar-refractivity contribution in [2.75, 3.05) is 19.0 Å². The second kappa shape index (κ2) is 7.92. The molecule has 0 saturated heterocycles. The molecule has 3 N–H and O–H groups in total. The number of benzene rings is 1. The van der Waals surface area contributed by atoms with Crippen LogP contribution in [0.1, 0.15) is 23.2 Å². The van der Waals surface area contributed by atoms with Crippen LogP contribution in [0.3, 0.4) is 0 Å². The van der Waals surface area contributed by atoms with Crippen LogP contribution in [0.4, 0.5) is 10.5 Å². The zero-order valence-corrected chi connectivity index (χ0v) is 12.7. The van der Waals surface area contributed by atoms with Gasteiger partial charge in [0.25, 0.3) is 0 Å². The molecule has 1 aromatic rings. The third-order valence-corrected chi connectivity index (χ3v) is 3.31. The summed E-state index contributed by atoms with van der Waals surface area (Å²) < 4.78 is 4.60. The lowest BCUT2D eigenvalue weighted by molar-refractivity contribution is -0.122. The molecule has 0 saturated carbocycles. The van der Waals surface area contributed by atoms with E-state index in [9.17, 15) is 14.4 Å². The smallest absolute Gasteiger partial charge is 0.337 e. The average Bonchev–Trinajstić information content (AvgIpc) is 2.96. The number of esters is 1. The molecule has 2 rings (SSSR count). The third kappa shape index (κ3) is 4.80. The number of carbonyl (C=O) groups is 3. The highest BCUT2D eigenvalue weighted by Crippen LogP contribution is 2.10. The molecule has 23 heavy (non-hydrogen) atoms. The maximum Gasteiger partial charge on any atom is 0.337 e. The largest absolute Gasteiger partial charge is 0.465 e. The summed E-state index contributed by atoms with van der Waals surface area (Å²) in [5.74, 6) is -0.758. The number of urea groups is 1. The van der Waals surface area contributed by atoms with Crippen molar-refractivity contribution in [1.29, 1.82) is 0 Å². The minimum Gasteiger partial charge on any atom is -0.465 e. The molecule has 3 amide bonds. The number of hydrazone groups is 1. The van der Waals surface area contributed by atoms with Gasteiger partial charge in [0.2, 0.25) is 5.91 Å². The van der Waals surface area contributed by atoms with Crippen molar-refractivity contribution in [3.8, 4) is 0 Å². The Balaban J connectivity index is 1.69. The van der Waals surface area contributed by atoms with Crippen LogP contribution < -0.4 is 16.1 Å². The molecule has 0 fully saturated rings. The van der Waals surface area contributed by atoms with Gasteiger partial charge in [-0.15, -0.1) is 0 Å². The molecule has 1 aliphatic rings. The monoisotopic (exact) mass is 318 g/mol. The summed E-state index contributed by atoms with van der Waals surface area (Å²) in [6.07, 6.45) is 2.87. The highest BCUT2D eigenvalue weighted by atomic mass is 16.5. The molecule has 0 aliphatic carbocycles. The number of carbonyl (C=O) groups excluding carboxylic acids is 3. The van der Waals surface area contributed by atoms with E-state index in [-0.39, 0.29) is 17.9 Å². The first-order valence-electron chi connectivity index (χ1n) is 7.16. The molecule has 0 radical (unpaired) electrons. The number of ether oxygens (including phenoxy) is 1. The summed E-state index contributed by atoms with van der Waals surface area (Å²) in [4.78, 5) is 34.3. The molecule has 1 aromatic carbocycles. The van der Waals surface area contributed by atoms with Gasteiger partial charge < -0.3 is 15.4 Å². The van der Waals surface area contributed by atoms with Gasteiger partial charge >= 0.3 is 12.0 Å². The standard InChI is InChI=1S/C15H18N4O4/c1-23-14(21)10-4-6-12(7-5-10)18-15(22)16-8-2-3-11-9-17-19-13(11)20/h4-7,9,11H,2-3,8H2,1H3,(H,19,20)(H2,16,18,22). The van der Waals surface area contributed by atoms with E-state index in [0.29, 0.717) is 30.6 Å². The van der Waals surface area contributed by atoms with Crippen LogP contribution in [-0.2, 0) is 9.53 Å². The summed E-state index contributed by atoms with van der Waals surface area (Å²) in [7, 11) is 1.31. The number of amides is 3. The predicted octanol–water partition coefficient (Wildman–Crippen LogP) is 1.11. The molecule has 8 nitrogen and oxygen atoms in total. The number of nitrogens with one attached hydrogen (secondary N) is 3. The van der Waals surface area contributed by atoms with E-state index in [0.717, 1.165) is 0 Å². The van der Waals surface area contributed by atoms with E-state index in [1.807, 2.05) is 0 Å². The van der Waals surface area contributed by atoms with Crippen LogP contribution in [-0.4, -0.2) is 37.8 Å². The van der Waals surface area contributed by atoms with Crippen LogP contribution in [0.25, 0.3) is 0 Å². The van der Waals surface area contributed by atoms with Crippen molar-refractivity contribution >= 4 is 29.8 Å². The first kappa shape index (κ1) is 16.5. The van der Waals surface area contributed by atoms with Crippen LogP contribution in [0.2, 0.25) is 0 Å². The fourth-order valence-corrected chi connectivity index (χ4v) is 2.05. The molecule has 0 aromatic heterocycles. The van der Waals surface area contributed by atoms with Gasteiger partial charge in [0, 0.05) is 18.4 Å². The van der Waals surface area contributed by atoms with Crippen LogP contribution in [0, 0.1) is 5.92 Å². The predicted molar refractivity (Wildman–Crippen MR) is 84.2 cm³/mol. The first-order valence-corrected chi connectivity index (χ1v) is 7.16. The molecule has 1 aliphatic heterocycles. The van der Waals surface area contributed by atoms with Gasteiger partial charge in [-0.05, 0) is 37.1 Å². The lowest BCUT2D eigenvalue weighted by Crippen LogP contribution is -2.30. The molecule has 1 heterocycles. The van der Waals surface area contributed by atoms with E-state index in [1.54, 1.807) is 30.5 Å². The minimum absolute atomic E-state index is 0.111. The van der Waals surface area contributed by atoms with Gasteiger partial charge in [-0.1, -0.05) is 0 Å². The highest BCUT2D eigenvalue weighted by Gasteiger charge is 2.19. The SMILES string of the molecule is COC(=O)c1ccc(NC(=O)NCCCC2C=NNC2=O)cc1. The molecule has 8 heteroatoms. The van der Waals surface area contributed by atoms with Crippen molar-refractivity contribution in [1.82, 2.24) is 10.7 Å². The first-order chi connectivity index (χ1) is 11.1.